The van der Waals surface area contributed by atoms with Crippen LogP contribution in [0.15, 0.2) is 6.20 Å². The van der Waals surface area contributed by atoms with E-state index in [1.165, 1.54) is 10.8 Å². The minimum absolute atomic E-state index is 0.00866. The van der Waals surface area contributed by atoms with E-state index in [1.54, 1.807) is 0 Å². The summed E-state index contributed by atoms with van der Waals surface area (Å²) in [6, 6.07) is 0. The van der Waals surface area contributed by atoms with Crippen LogP contribution in [0.5, 0.6) is 0 Å². The molecule has 0 amide bonds. The first-order valence-corrected chi connectivity index (χ1v) is 3.71. The number of aryl methyl sites for hydroxylation is 1. The van der Waals surface area contributed by atoms with Gasteiger partial charge in [-0.15, -0.1) is 0 Å². The van der Waals surface area contributed by atoms with Crippen LogP contribution in [0.1, 0.15) is 24.0 Å². The summed E-state index contributed by atoms with van der Waals surface area (Å²) < 4.78 is 1.54. The standard InChI is InChI=1S/C7H11N3O2/c1-2-3-10-4-5(8)9-6(10)7(11)12/h4H,2-3,8H2,1H3,(H,11,12). The van der Waals surface area contributed by atoms with Crippen molar-refractivity contribution in [2.24, 2.45) is 0 Å². The normalized spacial score (nSPS) is 10.1. The molecule has 5 nitrogen and oxygen atoms in total. The van der Waals surface area contributed by atoms with Crippen molar-refractivity contribution in [2.45, 2.75) is 19.9 Å². The van der Waals surface area contributed by atoms with Gasteiger partial charge in [-0.25, -0.2) is 9.78 Å². The van der Waals surface area contributed by atoms with Gasteiger partial charge in [-0.1, -0.05) is 6.92 Å². The van der Waals surface area contributed by atoms with Crippen molar-refractivity contribution >= 4 is 11.8 Å². The molecule has 1 aromatic rings. The van der Waals surface area contributed by atoms with Gasteiger partial charge in [-0.2, -0.15) is 0 Å². The zero-order valence-electron chi connectivity index (χ0n) is 6.82. The van der Waals surface area contributed by atoms with Crippen LogP contribution in [-0.2, 0) is 6.54 Å². The molecule has 12 heavy (non-hydrogen) atoms. The fourth-order valence-electron chi connectivity index (χ4n) is 1.02. The maximum Gasteiger partial charge on any atom is 0.372 e. The number of anilines is 1. The molecule has 0 atom stereocenters. The molecule has 0 aliphatic heterocycles. The lowest BCUT2D eigenvalue weighted by Crippen LogP contribution is -2.08. The van der Waals surface area contributed by atoms with Crippen molar-refractivity contribution in [1.29, 1.82) is 0 Å². The van der Waals surface area contributed by atoms with Gasteiger partial charge in [0.2, 0.25) is 5.82 Å². The highest BCUT2D eigenvalue weighted by molar-refractivity contribution is 5.84. The van der Waals surface area contributed by atoms with Gasteiger partial charge in [0.05, 0.1) is 0 Å². The molecule has 0 aliphatic rings. The third-order valence-electron chi connectivity index (χ3n) is 1.45. The first kappa shape index (κ1) is 8.58. The van der Waals surface area contributed by atoms with Gasteiger partial charge < -0.3 is 15.4 Å². The average molecular weight is 169 g/mol. The molecule has 5 heteroatoms. The van der Waals surface area contributed by atoms with Gasteiger partial charge in [0.25, 0.3) is 0 Å². The molecular weight excluding hydrogens is 158 g/mol. The number of hydrogen-bond donors (Lipinski definition) is 2. The molecule has 0 spiro atoms. The number of carboxylic acids is 1. The van der Waals surface area contributed by atoms with Crippen LogP contribution >= 0.6 is 0 Å². The van der Waals surface area contributed by atoms with Crippen LogP contribution in [0.3, 0.4) is 0 Å². The summed E-state index contributed by atoms with van der Waals surface area (Å²) in [6.07, 6.45) is 2.39. The van der Waals surface area contributed by atoms with Gasteiger partial charge in [-0.3, -0.25) is 0 Å². The highest BCUT2D eigenvalue weighted by Gasteiger charge is 2.11. The molecule has 0 aromatic carbocycles. The van der Waals surface area contributed by atoms with Gasteiger partial charge in [0.15, 0.2) is 0 Å². The van der Waals surface area contributed by atoms with Crippen LogP contribution in [0, 0.1) is 0 Å². The Morgan fingerprint density at radius 1 is 1.83 bits per heavy atom. The second-order valence-electron chi connectivity index (χ2n) is 2.49. The fraction of sp³-hybridized carbons (Fsp3) is 0.429. The Kier molecular flexibility index (Phi) is 2.32. The number of rotatable bonds is 3. The summed E-state index contributed by atoms with van der Waals surface area (Å²) in [7, 11) is 0. The molecule has 66 valence electrons. The highest BCUT2D eigenvalue weighted by atomic mass is 16.4. The van der Waals surface area contributed by atoms with Gasteiger partial charge >= 0.3 is 5.97 Å². The number of carbonyl (C=O) groups is 1. The van der Waals surface area contributed by atoms with Gasteiger partial charge in [0.1, 0.15) is 5.82 Å². The van der Waals surface area contributed by atoms with Crippen LogP contribution in [-0.4, -0.2) is 20.6 Å². The monoisotopic (exact) mass is 169 g/mol. The van der Waals surface area contributed by atoms with Crippen molar-refractivity contribution in [3.05, 3.63) is 12.0 Å². The molecule has 3 N–H and O–H groups in total. The molecule has 0 fully saturated rings. The minimum Gasteiger partial charge on any atom is -0.475 e. The zero-order valence-corrected chi connectivity index (χ0v) is 6.82. The van der Waals surface area contributed by atoms with Crippen molar-refractivity contribution in [3.63, 3.8) is 0 Å². The van der Waals surface area contributed by atoms with E-state index in [0.29, 0.717) is 6.54 Å². The lowest BCUT2D eigenvalue weighted by Gasteiger charge is -1.99. The summed E-state index contributed by atoms with van der Waals surface area (Å²) >= 11 is 0. The number of imidazole rings is 1. The third-order valence-corrected chi connectivity index (χ3v) is 1.45. The summed E-state index contributed by atoms with van der Waals surface area (Å²) in [5, 5.41) is 8.67. The third kappa shape index (κ3) is 1.55. The Labute approximate surface area is 69.8 Å². The van der Waals surface area contributed by atoms with E-state index in [1.807, 2.05) is 6.92 Å². The Morgan fingerprint density at radius 3 is 3.00 bits per heavy atom. The number of nitrogens with zero attached hydrogens (tertiary/aromatic N) is 2. The van der Waals surface area contributed by atoms with Gasteiger partial charge in [-0.05, 0) is 6.42 Å². The Bertz CT molecular complexity index is 293. The van der Waals surface area contributed by atoms with Crippen LogP contribution in [0.2, 0.25) is 0 Å². The summed E-state index contributed by atoms with van der Waals surface area (Å²) in [4.78, 5) is 14.2. The lowest BCUT2D eigenvalue weighted by atomic mass is 10.4. The SMILES string of the molecule is CCCn1cc(N)nc1C(=O)O. The van der Waals surface area contributed by atoms with Crippen molar-refractivity contribution in [1.82, 2.24) is 9.55 Å². The fourth-order valence-corrected chi connectivity index (χ4v) is 1.02. The molecule has 0 saturated heterocycles. The molecule has 0 radical (unpaired) electrons. The first-order valence-electron chi connectivity index (χ1n) is 3.71. The number of carboxylic acid groups (broad SMARTS) is 1. The van der Waals surface area contributed by atoms with Gasteiger partial charge in [0, 0.05) is 12.7 Å². The molecule has 0 aliphatic carbocycles. The number of hydrogen-bond acceptors (Lipinski definition) is 3. The molecule has 1 aromatic heterocycles. The molecule has 0 saturated carbocycles. The smallest absolute Gasteiger partial charge is 0.372 e. The Morgan fingerprint density at radius 2 is 2.50 bits per heavy atom. The average Bonchev–Trinajstić information content (AvgIpc) is 2.32. The lowest BCUT2D eigenvalue weighted by molar-refractivity contribution is 0.0678. The van der Waals surface area contributed by atoms with E-state index >= 15 is 0 Å². The van der Waals surface area contributed by atoms with E-state index in [9.17, 15) is 4.79 Å². The van der Waals surface area contributed by atoms with E-state index in [-0.39, 0.29) is 11.6 Å². The summed E-state index contributed by atoms with van der Waals surface area (Å²) in [5.41, 5.74) is 5.35. The van der Waals surface area contributed by atoms with Crippen molar-refractivity contribution in [3.8, 4) is 0 Å². The Hall–Kier alpha value is -1.52. The molecule has 0 unspecified atom stereocenters. The van der Waals surface area contributed by atoms with Crippen LogP contribution in [0.4, 0.5) is 5.82 Å². The largest absolute Gasteiger partial charge is 0.475 e. The van der Waals surface area contributed by atoms with E-state index in [2.05, 4.69) is 4.98 Å². The summed E-state index contributed by atoms with van der Waals surface area (Å²) in [6.45, 7) is 2.59. The van der Waals surface area contributed by atoms with Crippen molar-refractivity contribution in [2.75, 3.05) is 5.73 Å². The molecule has 1 rings (SSSR count). The van der Waals surface area contributed by atoms with Crippen LogP contribution < -0.4 is 5.73 Å². The first-order chi connectivity index (χ1) is 5.65. The predicted molar refractivity (Wildman–Crippen MR) is 43.9 cm³/mol. The second kappa shape index (κ2) is 3.25. The second-order valence-corrected chi connectivity index (χ2v) is 2.49. The number of nitrogen functional groups attached to an aromatic ring is 1. The highest BCUT2D eigenvalue weighted by Crippen LogP contribution is 2.05. The topological polar surface area (TPSA) is 81.1 Å². The Balaban J connectivity index is 2.99. The predicted octanol–water partition coefficient (Wildman–Crippen LogP) is 0.573. The maximum atomic E-state index is 10.6. The van der Waals surface area contributed by atoms with E-state index in [4.69, 9.17) is 10.8 Å². The number of nitrogens with two attached hydrogens (primary N) is 1. The van der Waals surface area contributed by atoms with E-state index in [0.717, 1.165) is 6.42 Å². The quantitative estimate of drug-likeness (QED) is 0.693. The molecule has 1 heterocycles. The van der Waals surface area contributed by atoms with E-state index < -0.39 is 5.97 Å². The summed E-state index contributed by atoms with van der Waals surface area (Å²) in [5.74, 6) is -0.782. The number of aromatic nitrogens is 2. The minimum atomic E-state index is -1.04. The van der Waals surface area contributed by atoms with Crippen molar-refractivity contribution < 1.29 is 9.90 Å². The maximum absolute atomic E-state index is 10.6. The molecular formula is C7H11N3O2. The number of aromatic carboxylic acids is 1. The zero-order chi connectivity index (χ0) is 9.14. The molecule has 0 bridgehead atoms. The van der Waals surface area contributed by atoms with Crippen LogP contribution in [0.25, 0.3) is 0 Å².